The molecule has 1 heterocycles. The van der Waals surface area contributed by atoms with E-state index in [9.17, 15) is 9.59 Å². The van der Waals surface area contributed by atoms with Crippen LogP contribution in [0.2, 0.25) is 0 Å². The van der Waals surface area contributed by atoms with Gasteiger partial charge in [0.15, 0.2) is 6.61 Å². The number of anilines is 2. The fourth-order valence-corrected chi connectivity index (χ4v) is 3.04. The Labute approximate surface area is 195 Å². The van der Waals surface area contributed by atoms with Crippen LogP contribution in [0.3, 0.4) is 0 Å². The first-order valence-electron chi connectivity index (χ1n) is 10.4. The van der Waals surface area contributed by atoms with Gasteiger partial charge in [-0.2, -0.15) is 4.80 Å². The molecule has 0 bridgehead atoms. The van der Waals surface area contributed by atoms with Crippen LogP contribution in [0, 0.1) is 0 Å². The van der Waals surface area contributed by atoms with Crippen LogP contribution in [0.4, 0.5) is 11.4 Å². The molecule has 0 saturated heterocycles. The number of benzene rings is 3. The van der Waals surface area contributed by atoms with Gasteiger partial charge in [0.25, 0.3) is 5.91 Å². The molecule has 0 unspecified atom stereocenters. The van der Waals surface area contributed by atoms with E-state index in [1.807, 2.05) is 36.4 Å². The number of nitrogens with zero attached hydrogens (tertiary/aromatic N) is 4. The quantitative estimate of drug-likeness (QED) is 0.395. The summed E-state index contributed by atoms with van der Waals surface area (Å²) < 4.78 is 10.8. The third-order valence-corrected chi connectivity index (χ3v) is 4.68. The average Bonchev–Trinajstić information content (AvgIpc) is 3.31. The lowest BCUT2D eigenvalue weighted by Crippen LogP contribution is -2.20. The summed E-state index contributed by atoms with van der Waals surface area (Å²) in [4.78, 5) is 26.0. The number of carbonyl (C=O) groups excluding carboxylic acids is 2. The molecule has 0 spiro atoms. The number of carbonyl (C=O) groups is 2. The van der Waals surface area contributed by atoms with Crippen LogP contribution in [0.15, 0.2) is 78.9 Å². The van der Waals surface area contributed by atoms with E-state index in [4.69, 9.17) is 9.47 Å². The number of methoxy groups -OCH3 is 1. The highest BCUT2D eigenvalue weighted by Crippen LogP contribution is 2.24. The second kappa shape index (κ2) is 10.7. The second-order valence-electron chi connectivity index (χ2n) is 7.12. The number of para-hydroxylation sites is 3. The molecule has 1 aromatic heterocycles. The Morgan fingerprint density at radius 2 is 1.65 bits per heavy atom. The lowest BCUT2D eigenvalue weighted by atomic mass is 10.2. The van der Waals surface area contributed by atoms with Gasteiger partial charge in [0.1, 0.15) is 18.0 Å². The fourth-order valence-electron chi connectivity index (χ4n) is 3.04. The lowest BCUT2D eigenvalue weighted by molar-refractivity contribution is -0.117. The van der Waals surface area contributed by atoms with Gasteiger partial charge in [0.05, 0.1) is 12.8 Å². The normalized spacial score (nSPS) is 10.4. The van der Waals surface area contributed by atoms with Crippen LogP contribution in [-0.4, -0.2) is 39.1 Å². The largest absolute Gasteiger partial charge is 0.495 e. The van der Waals surface area contributed by atoms with Gasteiger partial charge in [0.2, 0.25) is 11.7 Å². The van der Waals surface area contributed by atoms with Gasteiger partial charge < -0.3 is 20.1 Å². The topological polar surface area (TPSA) is 120 Å². The van der Waals surface area contributed by atoms with Crippen LogP contribution in [-0.2, 0) is 17.9 Å². The summed E-state index contributed by atoms with van der Waals surface area (Å²) >= 11 is 0. The summed E-state index contributed by atoms with van der Waals surface area (Å²) in [6, 6.07) is 22.9. The smallest absolute Gasteiger partial charge is 0.255 e. The molecule has 3 aromatic carbocycles. The van der Waals surface area contributed by atoms with Crippen molar-refractivity contribution in [3.05, 3.63) is 90.3 Å². The van der Waals surface area contributed by atoms with Crippen LogP contribution in [0.5, 0.6) is 11.5 Å². The molecular formula is C24H22N6O4. The number of hydrogen-bond acceptors (Lipinski definition) is 7. The Morgan fingerprint density at radius 3 is 2.41 bits per heavy atom. The maximum Gasteiger partial charge on any atom is 0.255 e. The number of nitrogens with one attached hydrogen (secondary N) is 2. The lowest BCUT2D eigenvalue weighted by Gasteiger charge is -2.10. The molecular weight excluding hydrogens is 436 g/mol. The number of tetrazole rings is 1. The third kappa shape index (κ3) is 5.94. The molecule has 0 atom stereocenters. The van der Waals surface area contributed by atoms with Crippen LogP contribution in [0.1, 0.15) is 16.2 Å². The van der Waals surface area contributed by atoms with Gasteiger partial charge in [-0.05, 0) is 53.7 Å². The Kier molecular flexibility index (Phi) is 7.09. The predicted molar refractivity (Wildman–Crippen MR) is 125 cm³/mol. The van der Waals surface area contributed by atoms with E-state index in [1.54, 1.807) is 42.5 Å². The van der Waals surface area contributed by atoms with Crippen LogP contribution in [0.25, 0.3) is 0 Å². The van der Waals surface area contributed by atoms with Crippen molar-refractivity contribution < 1.29 is 19.1 Å². The zero-order valence-electron chi connectivity index (χ0n) is 18.3. The number of hydrogen-bond donors (Lipinski definition) is 2. The van der Waals surface area contributed by atoms with E-state index >= 15 is 0 Å². The van der Waals surface area contributed by atoms with E-state index < -0.39 is 0 Å². The van der Waals surface area contributed by atoms with Gasteiger partial charge in [0, 0.05) is 11.3 Å². The maximum atomic E-state index is 12.5. The molecule has 10 heteroatoms. The molecule has 0 aliphatic heterocycles. The Bertz CT molecular complexity index is 1260. The van der Waals surface area contributed by atoms with Crippen molar-refractivity contribution in [1.29, 1.82) is 0 Å². The van der Waals surface area contributed by atoms with Crippen molar-refractivity contribution >= 4 is 23.2 Å². The highest BCUT2D eigenvalue weighted by atomic mass is 16.5. The van der Waals surface area contributed by atoms with E-state index in [1.165, 1.54) is 11.9 Å². The molecule has 2 amide bonds. The summed E-state index contributed by atoms with van der Waals surface area (Å²) in [5.74, 6) is 0.994. The van der Waals surface area contributed by atoms with Gasteiger partial charge in [-0.3, -0.25) is 9.59 Å². The number of ether oxygens (including phenoxy) is 2. The molecule has 0 radical (unpaired) electrons. The first-order chi connectivity index (χ1) is 16.6. The molecule has 0 fully saturated rings. The molecule has 10 nitrogen and oxygen atoms in total. The monoisotopic (exact) mass is 458 g/mol. The number of amides is 2. The fraction of sp³-hybridized carbons (Fsp3) is 0.125. The van der Waals surface area contributed by atoms with Gasteiger partial charge in [-0.1, -0.05) is 30.3 Å². The van der Waals surface area contributed by atoms with Crippen molar-refractivity contribution in [2.75, 3.05) is 17.7 Å². The highest BCUT2D eigenvalue weighted by Gasteiger charge is 2.11. The standard InChI is InChI=1S/C24H22N6O4/c1-33-21-10-6-5-9-20(21)26-24(32)17-11-13-18(14-12-17)25-23(31)15-30-28-22(27-29-30)16-34-19-7-3-2-4-8-19/h2-14H,15-16H2,1H3,(H,25,31)(H,26,32). The van der Waals surface area contributed by atoms with Gasteiger partial charge >= 0.3 is 0 Å². The molecule has 2 N–H and O–H groups in total. The van der Waals surface area contributed by atoms with Crippen molar-refractivity contribution in [1.82, 2.24) is 20.2 Å². The molecule has 4 aromatic rings. The van der Waals surface area contributed by atoms with Crippen molar-refractivity contribution in [2.24, 2.45) is 0 Å². The maximum absolute atomic E-state index is 12.5. The minimum absolute atomic E-state index is 0.117. The minimum Gasteiger partial charge on any atom is -0.495 e. The third-order valence-electron chi connectivity index (χ3n) is 4.68. The van der Waals surface area contributed by atoms with E-state index in [0.717, 1.165) is 0 Å². The van der Waals surface area contributed by atoms with E-state index in [-0.39, 0.29) is 25.0 Å². The number of rotatable bonds is 9. The molecule has 172 valence electrons. The molecule has 34 heavy (non-hydrogen) atoms. The molecule has 0 aliphatic rings. The van der Waals surface area contributed by atoms with E-state index in [2.05, 4.69) is 26.0 Å². The van der Waals surface area contributed by atoms with Crippen molar-refractivity contribution in [2.45, 2.75) is 13.2 Å². The molecule has 0 saturated carbocycles. The zero-order chi connectivity index (χ0) is 23.8. The summed E-state index contributed by atoms with van der Waals surface area (Å²) in [5, 5.41) is 17.5. The summed E-state index contributed by atoms with van der Waals surface area (Å²) in [6.45, 7) is 0.0262. The van der Waals surface area contributed by atoms with E-state index in [0.29, 0.717) is 34.3 Å². The first-order valence-corrected chi connectivity index (χ1v) is 10.4. The Balaban J connectivity index is 1.28. The Hall–Kier alpha value is -4.73. The van der Waals surface area contributed by atoms with Crippen molar-refractivity contribution in [3.63, 3.8) is 0 Å². The number of aromatic nitrogens is 4. The predicted octanol–water partition coefficient (Wildman–Crippen LogP) is 3.15. The molecule has 0 aliphatic carbocycles. The molecule has 4 rings (SSSR count). The van der Waals surface area contributed by atoms with Crippen molar-refractivity contribution in [3.8, 4) is 11.5 Å². The van der Waals surface area contributed by atoms with Gasteiger partial charge in [-0.15, -0.1) is 10.2 Å². The van der Waals surface area contributed by atoms with Crippen LogP contribution < -0.4 is 20.1 Å². The second-order valence-corrected chi connectivity index (χ2v) is 7.12. The SMILES string of the molecule is COc1ccccc1NC(=O)c1ccc(NC(=O)Cn2nnc(COc3ccccc3)n2)cc1. The average molecular weight is 458 g/mol. The van der Waals surface area contributed by atoms with Gasteiger partial charge in [-0.25, -0.2) is 0 Å². The summed E-state index contributed by atoms with van der Waals surface area (Å²) in [6.07, 6.45) is 0. The zero-order valence-corrected chi connectivity index (χ0v) is 18.3. The van der Waals surface area contributed by atoms with Crippen LogP contribution >= 0.6 is 0 Å². The first kappa shape index (κ1) is 22.5. The minimum atomic E-state index is -0.334. The highest BCUT2D eigenvalue weighted by molar-refractivity contribution is 6.05. The summed E-state index contributed by atoms with van der Waals surface area (Å²) in [5.41, 5.74) is 1.54. The summed E-state index contributed by atoms with van der Waals surface area (Å²) in [7, 11) is 1.54. The Morgan fingerprint density at radius 1 is 0.912 bits per heavy atom.